The average Bonchev–Trinajstić information content (AvgIpc) is 3.18. The Bertz CT molecular complexity index is 1160. The first-order valence-electron chi connectivity index (χ1n) is 9.35. The number of rotatable bonds is 3. The molecule has 1 atom stereocenters. The summed E-state index contributed by atoms with van der Waals surface area (Å²) >= 11 is 1.32. The number of halogens is 1. The number of aliphatic hydroxyl groups excluding tert-OH is 1. The lowest BCUT2D eigenvalue weighted by Gasteiger charge is -2.23. The van der Waals surface area contributed by atoms with Crippen molar-refractivity contribution in [2.75, 3.05) is 4.90 Å². The summed E-state index contributed by atoms with van der Waals surface area (Å²) < 4.78 is 13.3. The van der Waals surface area contributed by atoms with Gasteiger partial charge < -0.3 is 5.11 Å². The molecule has 5 nitrogen and oxygen atoms in total. The first kappa shape index (κ1) is 20.0. The van der Waals surface area contributed by atoms with Crippen LogP contribution < -0.4 is 4.90 Å². The molecule has 1 unspecified atom stereocenters. The lowest BCUT2D eigenvalue weighted by Crippen LogP contribution is -2.29. The first-order chi connectivity index (χ1) is 14.3. The summed E-state index contributed by atoms with van der Waals surface area (Å²) in [5.41, 5.74) is 2.70. The highest BCUT2D eigenvalue weighted by Gasteiger charge is 2.48. The van der Waals surface area contributed by atoms with Gasteiger partial charge in [-0.15, -0.1) is 11.3 Å². The smallest absolute Gasteiger partial charge is 0.301 e. The summed E-state index contributed by atoms with van der Waals surface area (Å²) in [5, 5.41) is 11.3. The number of ketones is 1. The molecular formula is C23H19FN2O3S. The van der Waals surface area contributed by atoms with Crippen molar-refractivity contribution in [3.8, 4) is 0 Å². The minimum absolute atomic E-state index is 0.0408. The number of aryl methyl sites for hydroxylation is 3. The SMILES string of the molecule is Cc1ccc(C2/C(=C(\O)c3ccc(F)cc3)C(=O)C(=O)N2c2nc(C)c(C)s2)cc1. The minimum Gasteiger partial charge on any atom is -0.507 e. The molecule has 0 bridgehead atoms. The van der Waals surface area contributed by atoms with E-state index in [1.165, 1.54) is 40.5 Å². The number of carbonyl (C=O) groups is 2. The number of benzene rings is 2. The van der Waals surface area contributed by atoms with Crippen LogP contribution in [-0.4, -0.2) is 21.8 Å². The van der Waals surface area contributed by atoms with E-state index in [2.05, 4.69) is 4.98 Å². The van der Waals surface area contributed by atoms with Crippen LogP contribution in [0.4, 0.5) is 9.52 Å². The molecule has 0 spiro atoms. The number of carbonyl (C=O) groups excluding carboxylic acids is 2. The second-order valence-electron chi connectivity index (χ2n) is 7.22. The third kappa shape index (κ3) is 3.31. The molecule has 0 radical (unpaired) electrons. The van der Waals surface area contributed by atoms with Gasteiger partial charge in [0, 0.05) is 10.4 Å². The molecule has 2 heterocycles. The van der Waals surface area contributed by atoms with Crippen LogP contribution in [0.15, 0.2) is 54.1 Å². The molecule has 2 aromatic carbocycles. The van der Waals surface area contributed by atoms with Crippen LogP contribution in [0.25, 0.3) is 5.76 Å². The van der Waals surface area contributed by atoms with Crippen molar-refractivity contribution in [1.82, 2.24) is 4.98 Å². The summed E-state index contributed by atoms with van der Waals surface area (Å²) in [6, 6.07) is 11.7. The van der Waals surface area contributed by atoms with E-state index >= 15 is 0 Å². The molecule has 0 saturated carbocycles. The van der Waals surface area contributed by atoms with E-state index in [1.54, 1.807) is 0 Å². The molecule has 3 aromatic rings. The minimum atomic E-state index is -0.833. The molecular weight excluding hydrogens is 403 g/mol. The second-order valence-corrected chi connectivity index (χ2v) is 8.41. The van der Waals surface area contributed by atoms with Crippen molar-refractivity contribution in [2.24, 2.45) is 0 Å². The molecule has 1 N–H and O–H groups in total. The van der Waals surface area contributed by atoms with Gasteiger partial charge in [-0.25, -0.2) is 9.37 Å². The molecule has 4 rings (SSSR count). The number of nitrogens with zero attached hydrogens (tertiary/aromatic N) is 2. The Kier molecular flexibility index (Phi) is 4.99. The van der Waals surface area contributed by atoms with Gasteiger partial charge in [0.1, 0.15) is 11.6 Å². The number of hydrogen-bond acceptors (Lipinski definition) is 5. The number of aliphatic hydroxyl groups is 1. The van der Waals surface area contributed by atoms with Gasteiger partial charge in [0.25, 0.3) is 5.78 Å². The predicted molar refractivity (Wildman–Crippen MR) is 114 cm³/mol. The zero-order chi connectivity index (χ0) is 21.6. The molecule has 1 aliphatic rings. The van der Waals surface area contributed by atoms with Crippen LogP contribution in [0.5, 0.6) is 0 Å². The van der Waals surface area contributed by atoms with E-state index in [-0.39, 0.29) is 16.9 Å². The Morgan fingerprint density at radius 3 is 2.23 bits per heavy atom. The van der Waals surface area contributed by atoms with Gasteiger partial charge in [0.05, 0.1) is 17.3 Å². The zero-order valence-corrected chi connectivity index (χ0v) is 17.5. The third-order valence-electron chi connectivity index (χ3n) is 5.18. The van der Waals surface area contributed by atoms with Crippen LogP contribution >= 0.6 is 11.3 Å². The fourth-order valence-corrected chi connectivity index (χ4v) is 4.35. The zero-order valence-electron chi connectivity index (χ0n) is 16.6. The van der Waals surface area contributed by atoms with Crippen molar-refractivity contribution in [3.05, 3.63) is 87.2 Å². The van der Waals surface area contributed by atoms with Crippen LogP contribution in [0.3, 0.4) is 0 Å². The number of thiazole rings is 1. The standard InChI is InChI=1S/C23H19FN2O3S/c1-12-4-6-15(7-5-12)19-18(20(27)16-8-10-17(24)11-9-16)21(28)22(29)26(19)23-25-13(2)14(3)30-23/h4-11,19,27H,1-3H3/b20-18+. The summed E-state index contributed by atoms with van der Waals surface area (Å²) in [4.78, 5) is 32.8. The molecule has 7 heteroatoms. The Morgan fingerprint density at radius 2 is 1.67 bits per heavy atom. The molecule has 1 aliphatic heterocycles. The van der Waals surface area contributed by atoms with Gasteiger partial charge >= 0.3 is 5.91 Å². The average molecular weight is 422 g/mol. The Labute approximate surface area is 177 Å². The van der Waals surface area contributed by atoms with Crippen LogP contribution in [0.1, 0.15) is 33.3 Å². The summed E-state index contributed by atoms with van der Waals surface area (Å²) in [6.45, 7) is 5.67. The lowest BCUT2D eigenvalue weighted by atomic mass is 9.95. The number of Topliss-reactive ketones (excluding diaryl/α,β-unsaturated/α-hetero) is 1. The maximum atomic E-state index is 13.3. The first-order valence-corrected chi connectivity index (χ1v) is 10.2. The number of anilines is 1. The van der Waals surface area contributed by atoms with Crippen molar-refractivity contribution in [1.29, 1.82) is 0 Å². The van der Waals surface area contributed by atoms with E-state index in [4.69, 9.17) is 0 Å². The number of aromatic nitrogens is 1. The van der Waals surface area contributed by atoms with Gasteiger partial charge in [0.15, 0.2) is 5.13 Å². The predicted octanol–water partition coefficient (Wildman–Crippen LogP) is 4.83. The maximum Gasteiger partial charge on any atom is 0.301 e. The lowest BCUT2D eigenvalue weighted by molar-refractivity contribution is -0.132. The fraction of sp³-hybridized carbons (Fsp3) is 0.174. The third-order valence-corrected chi connectivity index (χ3v) is 6.25. The maximum absolute atomic E-state index is 13.3. The summed E-state index contributed by atoms with van der Waals surface area (Å²) in [6.07, 6.45) is 0. The summed E-state index contributed by atoms with van der Waals surface area (Å²) in [5.74, 6) is -2.35. The van der Waals surface area contributed by atoms with Crippen molar-refractivity contribution in [3.63, 3.8) is 0 Å². The number of amides is 1. The summed E-state index contributed by atoms with van der Waals surface area (Å²) in [7, 11) is 0. The topological polar surface area (TPSA) is 70.5 Å². The van der Waals surface area contributed by atoms with Crippen molar-refractivity contribution < 1.29 is 19.1 Å². The van der Waals surface area contributed by atoms with Crippen molar-refractivity contribution >= 4 is 33.9 Å². The van der Waals surface area contributed by atoms with E-state index < -0.39 is 23.5 Å². The highest BCUT2D eigenvalue weighted by atomic mass is 32.1. The molecule has 0 aliphatic carbocycles. The van der Waals surface area contributed by atoms with E-state index in [0.717, 1.165) is 16.1 Å². The van der Waals surface area contributed by atoms with E-state index in [1.807, 2.05) is 45.0 Å². The normalized spacial score (nSPS) is 18.3. The molecule has 1 fully saturated rings. The van der Waals surface area contributed by atoms with Crippen LogP contribution in [0.2, 0.25) is 0 Å². The monoisotopic (exact) mass is 422 g/mol. The van der Waals surface area contributed by atoms with Gasteiger partial charge in [-0.3, -0.25) is 14.5 Å². The molecule has 1 aromatic heterocycles. The van der Waals surface area contributed by atoms with Gasteiger partial charge in [-0.05, 0) is 50.6 Å². The Balaban J connectivity index is 1.94. The van der Waals surface area contributed by atoms with Gasteiger partial charge in [-0.2, -0.15) is 0 Å². The van der Waals surface area contributed by atoms with E-state index in [0.29, 0.717) is 10.7 Å². The highest BCUT2D eigenvalue weighted by molar-refractivity contribution is 7.16. The largest absolute Gasteiger partial charge is 0.507 e. The van der Waals surface area contributed by atoms with E-state index in [9.17, 15) is 19.1 Å². The number of hydrogen-bond donors (Lipinski definition) is 1. The van der Waals surface area contributed by atoms with Gasteiger partial charge in [0.2, 0.25) is 0 Å². The fourth-order valence-electron chi connectivity index (χ4n) is 3.42. The quantitative estimate of drug-likeness (QED) is 0.373. The molecule has 1 amide bonds. The van der Waals surface area contributed by atoms with Crippen LogP contribution in [-0.2, 0) is 9.59 Å². The van der Waals surface area contributed by atoms with Gasteiger partial charge in [-0.1, -0.05) is 29.8 Å². The molecule has 1 saturated heterocycles. The Hall–Kier alpha value is -3.32. The van der Waals surface area contributed by atoms with Crippen LogP contribution in [0, 0.1) is 26.6 Å². The Morgan fingerprint density at radius 1 is 1.03 bits per heavy atom. The second kappa shape index (κ2) is 7.50. The highest BCUT2D eigenvalue weighted by Crippen LogP contribution is 2.43. The van der Waals surface area contributed by atoms with Crippen molar-refractivity contribution in [2.45, 2.75) is 26.8 Å². The molecule has 30 heavy (non-hydrogen) atoms. The molecule has 152 valence electrons.